The Morgan fingerprint density at radius 3 is 2.41 bits per heavy atom. The molecular weight excluding hydrogens is 362 g/mol. The van der Waals surface area contributed by atoms with Crippen molar-refractivity contribution < 1.29 is 9.53 Å². The average Bonchev–Trinajstić information content (AvgIpc) is 2.99. The molecule has 1 N–H and O–H groups in total. The predicted molar refractivity (Wildman–Crippen MR) is 109 cm³/mol. The number of ether oxygens (including phenoxy) is 1. The van der Waals surface area contributed by atoms with Crippen molar-refractivity contribution in [2.24, 2.45) is 0 Å². The van der Waals surface area contributed by atoms with E-state index in [1.54, 1.807) is 6.07 Å². The highest BCUT2D eigenvalue weighted by molar-refractivity contribution is 6.33. The van der Waals surface area contributed by atoms with E-state index in [-0.39, 0.29) is 11.4 Å². The van der Waals surface area contributed by atoms with Crippen LogP contribution in [-0.4, -0.2) is 53.8 Å². The lowest BCUT2D eigenvalue weighted by Crippen LogP contribution is -2.55. The number of nitrogens with zero attached hydrogens (tertiary/aromatic N) is 2. The predicted octanol–water partition coefficient (Wildman–Crippen LogP) is 3.59. The van der Waals surface area contributed by atoms with Gasteiger partial charge < -0.3 is 14.6 Å². The molecule has 0 unspecified atom stereocenters. The summed E-state index contributed by atoms with van der Waals surface area (Å²) < 4.78 is 7.54. The van der Waals surface area contributed by atoms with Gasteiger partial charge in [0.05, 0.1) is 23.8 Å². The molecule has 6 heteroatoms. The van der Waals surface area contributed by atoms with Crippen LogP contribution in [0.2, 0.25) is 5.02 Å². The van der Waals surface area contributed by atoms with Gasteiger partial charge in [-0.1, -0.05) is 11.6 Å². The maximum absolute atomic E-state index is 12.8. The highest BCUT2D eigenvalue weighted by Gasteiger charge is 2.29. The second-order valence-electron chi connectivity index (χ2n) is 7.71. The van der Waals surface area contributed by atoms with E-state index < -0.39 is 0 Å². The van der Waals surface area contributed by atoms with E-state index in [1.165, 1.54) is 0 Å². The maximum Gasteiger partial charge on any atom is 0.252 e. The fourth-order valence-corrected chi connectivity index (χ4v) is 3.78. The largest absolute Gasteiger partial charge is 0.379 e. The van der Waals surface area contributed by atoms with Crippen LogP contribution < -0.4 is 5.32 Å². The van der Waals surface area contributed by atoms with Gasteiger partial charge in [0.1, 0.15) is 0 Å². The van der Waals surface area contributed by atoms with Crippen LogP contribution in [-0.2, 0) is 4.74 Å². The summed E-state index contributed by atoms with van der Waals surface area (Å²) >= 11 is 6.33. The molecule has 0 atom stereocenters. The second-order valence-corrected chi connectivity index (χ2v) is 8.12. The molecule has 0 bridgehead atoms. The number of hydrogen-bond donors (Lipinski definition) is 1. The maximum atomic E-state index is 12.8. The van der Waals surface area contributed by atoms with Crippen LogP contribution in [0, 0.1) is 13.8 Å². The van der Waals surface area contributed by atoms with Crippen LogP contribution >= 0.6 is 11.6 Å². The Morgan fingerprint density at radius 1 is 1.15 bits per heavy atom. The van der Waals surface area contributed by atoms with Crippen molar-refractivity contribution in [3.05, 3.63) is 52.3 Å². The molecule has 5 nitrogen and oxygen atoms in total. The number of amides is 1. The molecule has 1 amide bonds. The first-order chi connectivity index (χ1) is 12.8. The Bertz CT molecular complexity index is 803. The topological polar surface area (TPSA) is 46.5 Å². The minimum absolute atomic E-state index is 0.142. The number of carbonyl (C=O) groups excluding carboxylic acids is 1. The summed E-state index contributed by atoms with van der Waals surface area (Å²) in [5.74, 6) is -0.148. The van der Waals surface area contributed by atoms with E-state index in [1.807, 2.05) is 26.0 Å². The molecule has 1 fully saturated rings. The van der Waals surface area contributed by atoms with Gasteiger partial charge in [-0.3, -0.25) is 9.69 Å². The van der Waals surface area contributed by atoms with E-state index in [4.69, 9.17) is 16.3 Å². The molecule has 0 radical (unpaired) electrons. The van der Waals surface area contributed by atoms with Crippen LogP contribution in [0.4, 0.5) is 0 Å². The number of aromatic nitrogens is 1. The number of nitrogens with one attached hydrogen (secondary N) is 1. The molecule has 0 spiro atoms. The van der Waals surface area contributed by atoms with Crippen LogP contribution in [0.3, 0.4) is 0 Å². The molecule has 1 aliphatic rings. The van der Waals surface area contributed by atoms with Gasteiger partial charge >= 0.3 is 0 Å². The molecular formula is C21H28ClN3O2. The van der Waals surface area contributed by atoms with Crippen molar-refractivity contribution in [3.8, 4) is 5.69 Å². The molecule has 2 aromatic rings. The van der Waals surface area contributed by atoms with Crippen molar-refractivity contribution in [3.63, 3.8) is 0 Å². The van der Waals surface area contributed by atoms with E-state index in [9.17, 15) is 4.79 Å². The highest BCUT2D eigenvalue weighted by Crippen LogP contribution is 2.23. The summed E-state index contributed by atoms with van der Waals surface area (Å²) in [5, 5.41) is 3.52. The van der Waals surface area contributed by atoms with E-state index in [0.29, 0.717) is 17.1 Å². The SMILES string of the molecule is Cc1ccc(C)n1-c1ccc(Cl)c(C(=O)NCC(C)(C)N2CCOCC2)c1. The highest BCUT2D eigenvalue weighted by atomic mass is 35.5. The lowest BCUT2D eigenvalue weighted by atomic mass is 10.0. The first-order valence-electron chi connectivity index (χ1n) is 9.35. The normalized spacial score (nSPS) is 15.7. The third kappa shape index (κ3) is 4.37. The number of hydrogen-bond acceptors (Lipinski definition) is 3. The first-order valence-corrected chi connectivity index (χ1v) is 9.73. The van der Waals surface area contributed by atoms with E-state index in [0.717, 1.165) is 43.4 Å². The van der Waals surface area contributed by atoms with Crippen LogP contribution in [0.15, 0.2) is 30.3 Å². The Labute approximate surface area is 166 Å². The Kier molecular flexibility index (Phi) is 5.94. The summed E-state index contributed by atoms with van der Waals surface area (Å²) in [6.45, 7) is 12.2. The zero-order valence-electron chi connectivity index (χ0n) is 16.5. The Morgan fingerprint density at radius 2 is 1.78 bits per heavy atom. The summed E-state index contributed by atoms with van der Waals surface area (Å²) in [5.41, 5.74) is 3.54. The third-order valence-electron chi connectivity index (χ3n) is 5.27. The number of morpholine rings is 1. The molecule has 0 aliphatic carbocycles. The number of aryl methyl sites for hydroxylation is 2. The summed E-state index contributed by atoms with van der Waals surface area (Å²) in [6, 6.07) is 9.72. The summed E-state index contributed by atoms with van der Waals surface area (Å²) in [7, 11) is 0. The minimum atomic E-state index is -0.148. The van der Waals surface area contributed by atoms with Gasteiger partial charge in [0.25, 0.3) is 5.91 Å². The zero-order chi connectivity index (χ0) is 19.6. The molecule has 1 aromatic heterocycles. The molecule has 0 saturated carbocycles. The van der Waals surface area contributed by atoms with E-state index in [2.05, 4.69) is 40.8 Å². The quantitative estimate of drug-likeness (QED) is 0.850. The van der Waals surface area contributed by atoms with Gasteiger partial charge in [-0.05, 0) is 58.0 Å². The molecule has 1 aromatic carbocycles. The summed E-state index contributed by atoms with van der Waals surface area (Å²) in [6.07, 6.45) is 0. The number of benzene rings is 1. The van der Waals surface area contributed by atoms with Crippen LogP contribution in [0.5, 0.6) is 0 Å². The molecule has 27 heavy (non-hydrogen) atoms. The second kappa shape index (κ2) is 8.05. The molecule has 2 heterocycles. The number of carbonyl (C=O) groups is 1. The first kappa shape index (κ1) is 19.9. The van der Waals surface area contributed by atoms with Gasteiger partial charge in [0.2, 0.25) is 0 Å². The standard InChI is InChI=1S/C21H28ClN3O2/c1-15-5-6-16(2)25(15)17-7-8-19(22)18(13-17)20(26)23-14-21(3,4)24-9-11-27-12-10-24/h5-8,13H,9-12,14H2,1-4H3,(H,23,26). The summed E-state index contributed by atoms with van der Waals surface area (Å²) in [4.78, 5) is 15.2. The third-order valence-corrected chi connectivity index (χ3v) is 5.60. The molecule has 1 aliphatic heterocycles. The smallest absolute Gasteiger partial charge is 0.252 e. The fourth-order valence-electron chi connectivity index (χ4n) is 3.57. The van der Waals surface area contributed by atoms with Gasteiger partial charge in [0.15, 0.2) is 0 Å². The van der Waals surface area contributed by atoms with Crippen molar-refractivity contribution >= 4 is 17.5 Å². The number of rotatable bonds is 5. The Balaban J connectivity index is 1.75. The van der Waals surface area contributed by atoms with E-state index >= 15 is 0 Å². The zero-order valence-corrected chi connectivity index (χ0v) is 17.3. The van der Waals surface area contributed by atoms with Crippen molar-refractivity contribution in [1.29, 1.82) is 0 Å². The van der Waals surface area contributed by atoms with Gasteiger partial charge in [0, 0.05) is 42.2 Å². The van der Waals surface area contributed by atoms with Crippen molar-refractivity contribution in [1.82, 2.24) is 14.8 Å². The molecule has 3 rings (SSSR count). The molecule has 1 saturated heterocycles. The average molecular weight is 390 g/mol. The van der Waals surface area contributed by atoms with Crippen molar-refractivity contribution in [2.45, 2.75) is 33.2 Å². The molecule has 146 valence electrons. The van der Waals surface area contributed by atoms with Crippen molar-refractivity contribution in [2.75, 3.05) is 32.8 Å². The van der Waals surface area contributed by atoms with Crippen LogP contribution in [0.25, 0.3) is 5.69 Å². The monoisotopic (exact) mass is 389 g/mol. The van der Waals surface area contributed by atoms with Gasteiger partial charge in [-0.25, -0.2) is 0 Å². The number of halogens is 1. The van der Waals surface area contributed by atoms with Gasteiger partial charge in [-0.15, -0.1) is 0 Å². The lowest BCUT2D eigenvalue weighted by Gasteiger charge is -2.40. The Hall–Kier alpha value is -1.82. The fraction of sp³-hybridized carbons (Fsp3) is 0.476. The lowest BCUT2D eigenvalue weighted by molar-refractivity contribution is -0.00923. The minimum Gasteiger partial charge on any atom is -0.379 e. The van der Waals surface area contributed by atoms with Gasteiger partial charge in [-0.2, -0.15) is 0 Å². The van der Waals surface area contributed by atoms with Crippen LogP contribution in [0.1, 0.15) is 35.6 Å².